The number of carbonyl (C=O) groups is 2. The van der Waals surface area contributed by atoms with Gasteiger partial charge in [0.2, 0.25) is 0 Å². The van der Waals surface area contributed by atoms with Crippen molar-refractivity contribution >= 4 is 28.9 Å². The molecule has 1 aromatic rings. The number of nitrogens with one attached hydrogen (secondary N) is 1. The minimum absolute atomic E-state index is 0.133. The summed E-state index contributed by atoms with van der Waals surface area (Å²) in [5.41, 5.74) is 0. The SMILES string of the molecule is O=C(NC(CC1=NC=CCS1)C(=O)O)Oc1ccccc1. The van der Waals surface area contributed by atoms with Crippen molar-refractivity contribution in [2.45, 2.75) is 12.5 Å². The van der Waals surface area contributed by atoms with Crippen LogP contribution in [0.3, 0.4) is 0 Å². The van der Waals surface area contributed by atoms with E-state index in [-0.39, 0.29) is 6.42 Å². The van der Waals surface area contributed by atoms with E-state index >= 15 is 0 Å². The van der Waals surface area contributed by atoms with Crippen molar-refractivity contribution in [1.29, 1.82) is 0 Å². The Hall–Kier alpha value is -2.28. The normalized spacial score (nSPS) is 15.0. The highest BCUT2D eigenvalue weighted by molar-refractivity contribution is 8.14. The molecular formula is C14H14N2O4S. The summed E-state index contributed by atoms with van der Waals surface area (Å²) in [4.78, 5) is 27.0. The second-order valence-electron chi connectivity index (χ2n) is 4.16. The van der Waals surface area contributed by atoms with Crippen molar-refractivity contribution in [2.75, 3.05) is 5.75 Å². The number of hydrogen-bond donors (Lipinski definition) is 2. The summed E-state index contributed by atoms with van der Waals surface area (Å²) < 4.78 is 5.01. The van der Waals surface area contributed by atoms with Gasteiger partial charge in [0.05, 0.1) is 5.04 Å². The summed E-state index contributed by atoms with van der Waals surface area (Å²) in [5.74, 6) is -0.0241. The lowest BCUT2D eigenvalue weighted by molar-refractivity contribution is -0.139. The van der Waals surface area contributed by atoms with Crippen LogP contribution in [-0.4, -0.2) is 34.0 Å². The number of carboxylic acid groups (broad SMARTS) is 1. The highest BCUT2D eigenvalue weighted by Crippen LogP contribution is 2.15. The molecule has 0 bridgehead atoms. The fraction of sp³-hybridized carbons (Fsp3) is 0.214. The summed E-state index contributed by atoms with van der Waals surface area (Å²) >= 11 is 1.45. The Morgan fingerprint density at radius 1 is 1.38 bits per heavy atom. The number of hydrogen-bond acceptors (Lipinski definition) is 5. The fourth-order valence-corrected chi connectivity index (χ4v) is 2.41. The van der Waals surface area contributed by atoms with Crippen LogP contribution in [0.2, 0.25) is 0 Å². The maximum atomic E-state index is 11.7. The Bertz CT molecular complexity index is 572. The van der Waals surface area contributed by atoms with Crippen molar-refractivity contribution < 1.29 is 19.4 Å². The van der Waals surface area contributed by atoms with Crippen LogP contribution >= 0.6 is 11.8 Å². The van der Waals surface area contributed by atoms with Gasteiger partial charge in [-0.1, -0.05) is 24.3 Å². The molecule has 21 heavy (non-hydrogen) atoms. The molecule has 2 N–H and O–H groups in total. The maximum Gasteiger partial charge on any atom is 0.413 e. The monoisotopic (exact) mass is 306 g/mol. The number of rotatable bonds is 5. The van der Waals surface area contributed by atoms with Crippen LogP contribution in [0.25, 0.3) is 0 Å². The summed E-state index contributed by atoms with van der Waals surface area (Å²) in [6.07, 6.45) is 2.84. The van der Waals surface area contributed by atoms with Crippen LogP contribution in [0.5, 0.6) is 5.75 Å². The van der Waals surface area contributed by atoms with Gasteiger partial charge in [-0.15, -0.1) is 11.8 Å². The molecule has 0 radical (unpaired) electrons. The second kappa shape index (κ2) is 7.49. The predicted molar refractivity (Wildman–Crippen MR) is 80.7 cm³/mol. The lowest BCUT2D eigenvalue weighted by Crippen LogP contribution is -2.43. The minimum Gasteiger partial charge on any atom is -0.480 e. The second-order valence-corrected chi connectivity index (χ2v) is 5.25. The zero-order valence-electron chi connectivity index (χ0n) is 11.1. The van der Waals surface area contributed by atoms with E-state index in [2.05, 4.69) is 10.3 Å². The van der Waals surface area contributed by atoms with Gasteiger partial charge in [-0.3, -0.25) is 4.99 Å². The van der Waals surface area contributed by atoms with Gasteiger partial charge in [0.15, 0.2) is 0 Å². The lowest BCUT2D eigenvalue weighted by atomic mass is 10.2. The molecule has 1 unspecified atom stereocenters. The van der Waals surface area contributed by atoms with Crippen molar-refractivity contribution in [3.8, 4) is 5.75 Å². The minimum atomic E-state index is -1.13. The number of carboxylic acids is 1. The number of amides is 1. The molecule has 1 aromatic carbocycles. The number of nitrogens with zero attached hydrogens (tertiary/aromatic N) is 1. The highest BCUT2D eigenvalue weighted by Gasteiger charge is 2.23. The van der Waals surface area contributed by atoms with E-state index in [1.165, 1.54) is 11.8 Å². The number of benzene rings is 1. The first-order valence-corrected chi connectivity index (χ1v) is 7.24. The van der Waals surface area contributed by atoms with E-state index < -0.39 is 18.1 Å². The van der Waals surface area contributed by atoms with Gasteiger partial charge in [0.1, 0.15) is 11.8 Å². The zero-order chi connectivity index (χ0) is 15.1. The van der Waals surface area contributed by atoms with Crippen molar-refractivity contribution in [3.63, 3.8) is 0 Å². The first kappa shape index (κ1) is 15.1. The van der Waals surface area contributed by atoms with Crippen molar-refractivity contribution in [2.24, 2.45) is 4.99 Å². The van der Waals surface area contributed by atoms with Gasteiger partial charge >= 0.3 is 12.1 Å². The third-order valence-corrected chi connectivity index (χ3v) is 3.56. The molecular weight excluding hydrogens is 292 g/mol. The van der Waals surface area contributed by atoms with Crippen molar-refractivity contribution in [1.82, 2.24) is 5.32 Å². The molecule has 0 saturated carbocycles. The molecule has 2 rings (SSSR count). The molecule has 0 aromatic heterocycles. The molecule has 0 fully saturated rings. The summed E-state index contributed by atoms with van der Waals surface area (Å²) in [7, 11) is 0. The molecule has 110 valence electrons. The average molecular weight is 306 g/mol. The van der Waals surface area contributed by atoms with Crippen LogP contribution in [0.4, 0.5) is 4.79 Å². The molecule has 1 heterocycles. The van der Waals surface area contributed by atoms with Gasteiger partial charge in [0, 0.05) is 18.4 Å². The first-order valence-electron chi connectivity index (χ1n) is 6.26. The molecule has 1 aliphatic heterocycles. The summed E-state index contributed by atoms with van der Waals surface area (Å²) in [6.45, 7) is 0. The topological polar surface area (TPSA) is 88.0 Å². The number of carbonyl (C=O) groups excluding carboxylic acids is 1. The highest BCUT2D eigenvalue weighted by atomic mass is 32.2. The fourth-order valence-electron chi connectivity index (χ4n) is 1.61. The predicted octanol–water partition coefficient (Wildman–Crippen LogP) is 2.28. The van der Waals surface area contributed by atoms with E-state index in [9.17, 15) is 9.59 Å². The summed E-state index contributed by atoms with van der Waals surface area (Å²) in [6, 6.07) is 7.38. The number of aliphatic imine (C=N–C) groups is 1. The largest absolute Gasteiger partial charge is 0.480 e. The van der Waals surface area contributed by atoms with E-state index in [0.717, 1.165) is 5.75 Å². The van der Waals surface area contributed by atoms with Crippen LogP contribution in [0.1, 0.15) is 6.42 Å². The average Bonchev–Trinajstić information content (AvgIpc) is 2.48. The maximum absolute atomic E-state index is 11.7. The molecule has 0 saturated heterocycles. The Morgan fingerprint density at radius 3 is 2.76 bits per heavy atom. The first-order chi connectivity index (χ1) is 10.1. The third-order valence-electron chi connectivity index (χ3n) is 2.59. The summed E-state index contributed by atoms with van der Waals surface area (Å²) in [5, 5.41) is 12.2. The number of para-hydroxylation sites is 1. The molecule has 1 aliphatic rings. The Balaban J connectivity index is 1.93. The van der Waals surface area contributed by atoms with Crippen LogP contribution in [0, 0.1) is 0 Å². The smallest absolute Gasteiger partial charge is 0.413 e. The van der Waals surface area contributed by atoms with E-state index in [1.807, 2.05) is 6.08 Å². The molecule has 0 aliphatic carbocycles. The van der Waals surface area contributed by atoms with Crippen LogP contribution in [0.15, 0.2) is 47.6 Å². The Labute approximate surface area is 125 Å². The van der Waals surface area contributed by atoms with Crippen molar-refractivity contribution in [3.05, 3.63) is 42.6 Å². The van der Waals surface area contributed by atoms with Gasteiger partial charge in [0.25, 0.3) is 0 Å². The quantitative estimate of drug-likeness (QED) is 0.871. The molecule has 6 nitrogen and oxygen atoms in total. The van der Waals surface area contributed by atoms with E-state index in [4.69, 9.17) is 9.84 Å². The molecule has 7 heteroatoms. The number of thioether (sulfide) groups is 1. The van der Waals surface area contributed by atoms with Gasteiger partial charge in [-0.25, -0.2) is 9.59 Å². The third kappa shape index (κ3) is 4.96. The van der Waals surface area contributed by atoms with Crippen LogP contribution < -0.4 is 10.1 Å². The standard InChI is InChI=1S/C14H14N2O4S/c17-13(18)11(9-12-15-7-4-8-21-12)16-14(19)20-10-5-2-1-3-6-10/h1-7,11H,8-9H2,(H,16,19)(H,17,18). The Morgan fingerprint density at radius 2 is 2.14 bits per heavy atom. The van der Waals surface area contributed by atoms with Gasteiger partial charge in [-0.2, -0.15) is 0 Å². The number of aliphatic carboxylic acids is 1. The lowest BCUT2D eigenvalue weighted by Gasteiger charge is -2.16. The van der Waals surface area contributed by atoms with E-state index in [1.54, 1.807) is 36.5 Å². The molecule has 0 spiro atoms. The van der Waals surface area contributed by atoms with Gasteiger partial charge < -0.3 is 15.2 Å². The zero-order valence-corrected chi connectivity index (χ0v) is 11.9. The van der Waals surface area contributed by atoms with E-state index in [0.29, 0.717) is 10.8 Å². The number of ether oxygens (including phenoxy) is 1. The van der Waals surface area contributed by atoms with Gasteiger partial charge in [-0.05, 0) is 12.1 Å². The van der Waals surface area contributed by atoms with Crippen LogP contribution in [-0.2, 0) is 4.79 Å². The molecule has 1 amide bonds. The molecule has 1 atom stereocenters. The Kier molecular flexibility index (Phi) is 5.39.